The van der Waals surface area contributed by atoms with Gasteiger partial charge in [-0.3, -0.25) is 4.79 Å². The number of aryl methyl sites for hydroxylation is 2. The Morgan fingerprint density at radius 3 is 2.54 bits per heavy atom. The van der Waals surface area contributed by atoms with Crippen molar-refractivity contribution < 1.29 is 27.8 Å². The summed E-state index contributed by atoms with van der Waals surface area (Å²) < 4.78 is 35.7. The highest BCUT2D eigenvalue weighted by molar-refractivity contribution is 7.90. The Hall–Kier alpha value is -3.53. The number of H-pyrrole nitrogens is 1. The summed E-state index contributed by atoms with van der Waals surface area (Å²) >= 11 is 6.23. The van der Waals surface area contributed by atoms with Gasteiger partial charge in [0.1, 0.15) is 24.1 Å². The van der Waals surface area contributed by atoms with Crippen molar-refractivity contribution in [2.45, 2.75) is 32.2 Å². The van der Waals surface area contributed by atoms with E-state index in [0.717, 1.165) is 28.3 Å². The molecule has 0 spiro atoms. The summed E-state index contributed by atoms with van der Waals surface area (Å²) in [5, 5.41) is 13.7. The highest BCUT2D eigenvalue weighted by Gasteiger charge is 2.28. The molecule has 1 atom stereocenters. The summed E-state index contributed by atoms with van der Waals surface area (Å²) in [6.45, 7) is 3.70. The van der Waals surface area contributed by atoms with Crippen LogP contribution in [0.4, 0.5) is 5.69 Å². The number of hydrogen-bond acceptors (Lipinski definition) is 7. The number of ketones is 1. The standard InChI is InChI=1S/C28H29ClN2O6S.CH4/c1-16-9-17(2)26-23(10-16)24(15-30-26)28(33)27(22-6-5-18(29)11-25(22)37-8-7-32)31-19-12-20(36-3)14-21(13-19)38(4,34)35;/h5-6,9-15,27,30-32H,7-8H2,1-4H3;1H4. The van der Waals surface area contributed by atoms with Gasteiger partial charge in [-0.05, 0) is 49.7 Å². The quantitative estimate of drug-likeness (QED) is 0.203. The minimum atomic E-state index is -3.57. The van der Waals surface area contributed by atoms with Crippen molar-refractivity contribution in [1.29, 1.82) is 0 Å². The first-order valence-corrected chi connectivity index (χ1v) is 14.1. The van der Waals surface area contributed by atoms with Gasteiger partial charge >= 0.3 is 0 Å². The van der Waals surface area contributed by atoms with Crippen molar-refractivity contribution in [1.82, 2.24) is 4.98 Å². The zero-order valence-corrected chi connectivity index (χ0v) is 23.0. The maximum atomic E-state index is 14.2. The lowest BCUT2D eigenvalue weighted by atomic mass is 9.94. The number of benzene rings is 3. The first kappa shape index (κ1) is 30.0. The second-order valence-corrected chi connectivity index (χ2v) is 11.5. The number of carbonyl (C=O) groups excluding carboxylic acids is 1. The molecule has 0 aliphatic rings. The molecular weight excluding hydrogens is 540 g/mol. The van der Waals surface area contributed by atoms with Gasteiger partial charge in [0.05, 0.1) is 18.6 Å². The first-order valence-electron chi connectivity index (χ1n) is 11.8. The number of aliphatic hydroxyl groups is 1. The van der Waals surface area contributed by atoms with Crippen LogP contribution >= 0.6 is 11.6 Å². The second kappa shape index (κ2) is 12.1. The number of carbonyl (C=O) groups is 1. The third-order valence-corrected chi connectivity index (χ3v) is 7.48. The fourth-order valence-corrected chi connectivity index (χ4v) is 5.25. The summed E-state index contributed by atoms with van der Waals surface area (Å²) in [4.78, 5) is 17.5. The van der Waals surface area contributed by atoms with Crippen LogP contribution in [0, 0.1) is 13.8 Å². The predicted molar refractivity (Wildman–Crippen MR) is 155 cm³/mol. The van der Waals surface area contributed by atoms with Crippen LogP contribution in [-0.4, -0.2) is 50.9 Å². The number of aromatic amines is 1. The van der Waals surface area contributed by atoms with Crippen LogP contribution in [0.1, 0.15) is 40.5 Å². The third-order valence-electron chi connectivity index (χ3n) is 6.15. The Labute approximate surface area is 233 Å². The van der Waals surface area contributed by atoms with Crippen LogP contribution in [-0.2, 0) is 9.84 Å². The Morgan fingerprint density at radius 2 is 1.87 bits per heavy atom. The average Bonchev–Trinajstić information content (AvgIpc) is 3.29. The number of methoxy groups -OCH3 is 1. The monoisotopic (exact) mass is 572 g/mol. The van der Waals surface area contributed by atoms with Gasteiger partial charge in [-0.2, -0.15) is 0 Å². The molecule has 4 aromatic rings. The molecule has 4 rings (SSSR count). The molecule has 0 fully saturated rings. The van der Waals surface area contributed by atoms with Gasteiger partial charge in [-0.1, -0.05) is 36.7 Å². The van der Waals surface area contributed by atoms with E-state index in [4.69, 9.17) is 21.1 Å². The normalized spacial score (nSPS) is 12.1. The molecule has 3 aromatic carbocycles. The number of aliphatic hydroxyl groups excluding tert-OH is 1. The number of Topliss-reactive ketones (excluding diaryl/α,β-unsaturated/α-hetero) is 1. The third kappa shape index (κ3) is 6.55. The Balaban J connectivity index is 0.00000420. The minimum absolute atomic E-state index is 0. The maximum Gasteiger partial charge on any atom is 0.191 e. The van der Waals surface area contributed by atoms with E-state index in [2.05, 4.69) is 10.3 Å². The molecule has 1 aromatic heterocycles. The molecule has 208 valence electrons. The van der Waals surface area contributed by atoms with E-state index in [9.17, 15) is 18.3 Å². The largest absolute Gasteiger partial charge is 0.497 e. The van der Waals surface area contributed by atoms with Crippen molar-refractivity contribution in [3.8, 4) is 11.5 Å². The van der Waals surface area contributed by atoms with Crippen molar-refractivity contribution in [2.24, 2.45) is 0 Å². The summed E-state index contributed by atoms with van der Waals surface area (Å²) in [6.07, 6.45) is 2.77. The van der Waals surface area contributed by atoms with Crippen LogP contribution in [0.5, 0.6) is 11.5 Å². The van der Waals surface area contributed by atoms with E-state index in [1.807, 2.05) is 26.0 Å². The van der Waals surface area contributed by atoms with Crippen molar-refractivity contribution in [3.63, 3.8) is 0 Å². The molecule has 3 N–H and O–H groups in total. The van der Waals surface area contributed by atoms with E-state index < -0.39 is 15.9 Å². The van der Waals surface area contributed by atoms with E-state index in [-0.39, 0.29) is 31.3 Å². The SMILES string of the molecule is C.COc1cc(NC(C(=O)c2c[nH]c3c(C)cc(C)cc23)c2ccc(Cl)cc2OCCO)cc(S(C)(=O)=O)c1. The highest BCUT2D eigenvalue weighted by Crippen LogP contribution is 2.36. The number of fused-ring (bicyclic) bond motifs is 1. The fraction of sp³-hybridized carbons (Fsp3) is 0.276. The van der Waals surface area contributed by atoms with Crippen molar-refractivity contribution >= 4 is 43.8 Å². The van der Waals surface area contributed by atoms with Crippen LogP contribution in [0.2, 0.25) is 5.02 Å². The number of anilines is 1. The summed E-state index contributed by atoms with van der Waals surface area (Å²) in [6, 6.07) is 12.4. The summed E-state index contributed by atoms with van der Waals surface area (Å²) in [5.74, 6) is 0.352. The number of sulfone groups is 1. The molecule has 39 heavy (non-hydrogen) atoms. The summed E-state index contributed by atoms with van der Waals surface area (Å²) in [7, 11) is -2.13. The second-order valence-electron chi connectivity index (χ2n) is 9.07. The smallest absolute Gasteiger partial charge is 0.191 e. The molecule has 0 bridgehead atoms. The van der Waals surface area contributed by atoms with Crippen LogP contribution in [0.15, 0.2) is 59.6 Å². The number of nitrogens with one attached hydrogen (secondary N) is 2. The van der Waals surface area contributed by atoms with E-state index >= 15 is 0 Å². The Kier molecular flexibility index (Phi) is 9.32. The van der Waals surface area contributed by atoms with E-state index in [1.165, 1.54) is 19.2 Å². The zero-order chi connectivity index (χ0) is 27.6. The molecule has 1 unspecified atom stereocenters. The topological polar surface area (TPSA) is 118 Å². The van der Waals surface area contributed by atoms with Crippen molar-refractivity contribution in [3.05, 3.63) is 82.0 Å². The summed E-state index contributed by atoms with van der Waals surface area (Å²) in [5.41, 5.74) is 4.16. The number of hydrogen-bond donors (Lipinski definition) is 3. The van der Waals surface area contributed by atoms with Gasteiger partial charge in [0.15, 0.2) is 15.6 Å². The fourth-order valence-electron chi connectivity index (χ4n) is 4.42. The first-order chi connectivity index (χ1) is 18.0. The molecule has 0 saturated heterocycles. The Bertz CT molecular complexity index is 1610. The average molecular weight is 573 g/mol. The van der Waals surface area contributed by atoms with Gasteiger partial charge in [0, 0.05) is 51.3 Å². The molecular formula is C29H33ClN2O6S. The molecule has 10 heteroatoms. The van der Waals surface area contributed by atoms with Gasteiger partial charge in [0.2, 0.25) is 0 Å². The van der Waals surface area contributed by atoms with Gasteiger partial charge in [-0.25, -0.2) is 8.42 Å². The van der Waals surface area contributed by atoms with Crippen LogP contribution in [0.3, 0.4) is 0 Å². The predicted octanol–water partition coefficient (Wildman–Crippen LogP) is 5.89. The number of aromatic nitrogens is 1. The molecule has 0 amide bonds. The lowest BCUT2D eigenvalue weighted by Gasteiger charge is -2.23. The number of halogens is 1. The Morgan fingerprint density at radius 1 is 1.13 bits per heavy atom. The molecule has 0 radical (unpaired) electrons. The molecule has 0 aliphatic carbocycles. The van der Waals surface area contributed by atoms with Crippen molar-refractivity contribution in [2.75, 3.05) is 31.9 Å². The van der Waals surface area contributed by atoms with Gasteiger partial charge in [-0.15, -0.1) is 0 Å². The van der Waals surface area contributed by atoms with Gasteiger partial charge in [0.25, 0.3) is 0 Å². The van der Waals surface area contributed by atoms with E-state index in [1.54, 1.807) is 30.5 Å². The van der Waals surface area contributed by atoms with Crippen LogP contribution < -0.4 is 14.8 Å². The maximum absolute atomic E-state index is 14.2. The lowest BCUT2D eigenvalue weighted by molar-refractivity contribution is 0.0969. The molecule has 0 aliphatic heterocycles. The zero-order valence-electron chi connectivity index (χ0n) is 21.5. The van der Waals surface area contributed by atoms with E-state index in [0.29, 0.717) is 33.3 Å². The number of rotatable bonds is 10. The minimum Gasteiger partial charge on any atom is -0.497 e. The lowest BCUT2D eigenvalue weighted by Crippen LogP contribution is -2.22. The molecule has 0 saturated carbocycles. The van der Waals surface area contributed by atoms with Crippen LogP contribution in [0.25, 0.3) is 10.9 Å². The highest BCUT2D eigenvalue weighted by atomic mass is 35.5. The molecule has 1 heterocycles. The molecule has 8 nitrogen and oxygen atoms in total. The van der Waals surface area contributed by atoms with Gasteiger partial charge < -0.3 is 24.9 Å². The number of ether oxygens (including phenoxy) is 2.